The lowest BCUT2D eigenvalue weighted by molar-refractivity contribution is 0.0990. The van der Waals surface area contributed by atoms with Crippen molar-refractivity contribution in [3.63, 3.8) is 0 Å². The number of carbonyl (C=O) groups excluding carboxylic acids is 1. The number of ketones is 1. The molecule has 2 rings (SSSR count). The third kappa shape index (κ3) is 3.54. The van der Waals surface area contributed by atoms with Gasteiger partial charge in [-0.1, -0.05) is 45.0 Å². The number of carbonyl (C=O) groups is 1. The number of Topliss-reactive ketones (excluding diaryl/α,β-unsaturated/α-hetero) is 1. The van der Waals surface area contributed by atoms with Crippen molar-refractivity contribution in [2.45, 2.75) is 32.6 Å². The Hall–Kier alpha value is -1.48. The summed E-state index contributed by atoms with van der Waals surface area (Å²) in [6.45, 7) is 6.37. The van der Waals surface area contributed by atoms with E-state index in [0.29, 0.717) is 6.42 Å². The Morgan fingerprint density at radius 3 is 2.45 bits per heavy atom. The summed E-state index contributed by atoms with van der Waals surface area (Å²) in [6.07, 6.45) is 2.05. The summed E-state index contributed by atoms with van der Waals surface area (Å²) in [4.78, 5) is 16.8. The Bertz CT molecular complexity index is 612. The normalized spacial score (nSPS) is 11.4. The first kappa shape index (κ1) is 14.9. The molecule has 20 heavy (non-hydrogen) atoms. The Morgan fingerprint density at radius 2 is 1.85 bits per heavy atom. The second-order valence-electron chi connectivity index (χ2n) is 5.86. The number of pyridine rings is 1. The highest BCUT2D eigenvalue weighted by atomic mass is 79.9. The molecule has 1 aromatic heterocycles. The molecule has 104 valence electrons. The van der Waals surface area contributed by atoms with E-state index in [0.717, 1.165) is 21.3 Å². The number of aromatic nitrogens is 1. The number of hydrogen-bond acceptors (Lipinski definition) is 2. The molecule has 0 saturated carbocycles. The Balaban J connectivity index is 2.28. The molecule has 1 aromatic carbocycles. The second-order valence-corrected chi connectivity index (χ2v) is 6.78. The van der Waals surface area contributed by atoms with Gasteiger partial charge in [-0.05, 0) is 39.0 Å². The first-order valence-electron chi connectivity index (χ1n) is 6.61. The first-order chi connectivity index (χ1) is 9.38. The summed E-state index contributed by atoms with van der Waals surface area (Å²) in [5.41, 5.74) is 2.63. The summed E-state index contributed by atoms with van der Waals surface area (Å²) in [5, 5.41) is 0. The zero-order valence-electron chi connectivity index (χ0n) is 12.0. The van der Waals surface area contributed by atoms with E-state index in [4.69, 9.17) is 0 Å². The lowest BCUT2D eigenvalue weighted by Gasteiger charge is -2.22. The van der Waals surface area contributed by atoms with E-state index in [-0.39, 0.29) is 11.2 Å². The zero-order valence-corrected chi connectivity index (χ0v) is 13.6. The third-order valence-corrected chi connectivity index (χ3v) is 3.63. The molecule has 0 spiro atoms. The molecule has 0 aliphatic carbocycles. The van der Waals surface area contributed by atoms with Crippen molar-refractivity contribution < 1.29 is 4.79 Å². The lowest BCUT2D eigenvalue weighted by Crippen LogP contribution is -2.18. The fourth-order valence-corrected chi connectivity index (χ4v) is 2.39. The van der Waals surface area contributed by atoms with Crippen LogP contribution in [0.5, 0.6) is 0 Å². The average Bonchev–Trinajstić information content (AvgIpc) is 2.40. The minimum absolute atomic E-state index is 0.0423. The quantitative estimate of drug-likeness (QED) is 0.771. The van der Waals surface area contributed by atoms with E-state index < -0.39 is 0 Å². The fourth-order valence-electron chi connectivity index (χ4n) is 2.15. The van der Waals surface area contributed by atoms with Gasteiger partial charge in [0.05, 0.1) is 6.42 Å². The molecule has 0 amide bonds. The Labute approximate surface area is 128 Å². The number of nitrogens with zero attached hydrogens (tertiary/aromatic N) is 1. The highest BCUT2D eigenvalue weighted by Gasteiger charge is 2.21. The zero-order chi connectivity index (χ0) is 14.8. The van der Waals surface area contributed by atoms with Crippen LogP contribution >= 0.6 is 15.9 Å². The molecular formula is C17H18BrNO. The van der Waals surface area contributed by atoms with Crippen molar-refractivity contribution in [3.05, 3.63) is 63.9 Å². The SMILES string of the molecule is CC(C)(C)c1ccccc1C(=O)Cc1ccc(Br)cn1. The standard InChI is InChI=1S/C17H18BrNO/c1-17(2,3)15-7-5-4-6-14(15)16(20)10-13-9-8-12(18)11-19-13/h4-9,11H,10H2,1-3H3. The maximum Gasteiger partial charge on any atom is 0.169 e. The minimum atomic E-state index is -0.0423. The van der Waals surface area contributed by atoms with Gasteiger partial charge in [0.2, 0.25) is 0 Å². The molecule has 0 bridgehead atoms. The monoisotopic (exact) mass is 331 g/mol. The van der Waals surface area contributed by atoms with Gasteiger partial charge in [-0.15, -0.1) is 0 Å². The van der Waals surface area contributed by atoms with Gasteiger partial charge >= 0.3 is 0 Å². The molecule has 0 atom stereocenters. The van der Waals surface area contributed by atoms with Crippen molar-refractivity contribution >= 4 is 21.7 Å². The molecule has 0 aliphatic rings. The minimum Gasteiger partial charge on any atom is -0.294 e. The molecule has 2 aromatic rings. The van der Waals surface area contributed by atoms with Crippen LogP contribution in [0, 0.1) is 0 Å². The number of halogens is 1. The number of benzene rings is 1. The van der Waals surface area contributed by atoms with Crippen molar-refractivity contribution in [2.24, 2.45) is 0 Å². The van der Waals surface area contributed by atoms with Crippen molar-refractivity contribution in [1.29, 1.82) is 0 Å². The van der Waals surface area contributed by atoms with Crippen LogP contribution in [-0.2, 0) is 11.8 Å². The Kier molecular flexibility index (Phi) is 4.39. The largest absolute Gasteiger partial charge is 0.294 e. The van der Waals surface area contributed by atoms with E-state index >= 15 is 0 Å². The predicted molar refractivity (Wildman–Crippen MR) is 85.1 cm³/mol. The molecule has 0 saturated heterocycles. The maximum absolute atomic E-state index is 12.5. The molecule has 0 N–H and O–H groups in total. The van der Waals surface area contributed by atoms with Gasteiger partial charge in [0.25, 0.3) is 0 Å². The molecule has 0 radical (unpaired) electrons. The van der Waals surface area contributed by atoms with Gasteiger partial charge in [-0.25, -0.2) is 0 Å². The number of hydrogen-bond donors (Lipinski definition) is 0. The lowest BCUT2D eigenvalue weighted by atomic mass is 9.82. The van der Waals surface area contributed by atoms with Crippen LogP contribution in [0.2, 0.25) is 0 Å². The van der Waals surface area contributed by atoms with E-state index in [1.807, 2.05) is 36.4 Å². The van der Waals surface area contributed by atoms with E-state index in [1.54, 1.807) is 6.20 Å². The smallest absolute Gasteiger partial charge is 0.169 e. The molecule has 2 nitrogen and oxygen atoms in total. The Morgan fingerprint density at radius 1 is 1.15 bits per heavy atom. The average molecular weight is 332 g/mol. The van der Waals surface area contributed by atoms with Crippen molar-refractivity contribution in [2.75, 3.05) is 0 Å². The molecule has 1 heterocycles. The van der Waals surface area contributed by atoms with Gasteiger partial charge in [-0.3, -0.25) is 9.78 Å². The summed E-state index contributed by atoms with van der Waals surface area (Å²) in [7, 11) is 0. The first-order valence-corrected chi connectivity index (χ1v) is 7.40. The van der Waals surface area contributed by atoms with Crippen molar-refractivity contribution in [1.82, 2.24) is 4.98 Å². The van der Waals surface area contributed by atoms with Gasteiger partial charge in [-0.2, -0.15) is 0 Å². The van der Waals surface area contributed by atoms with Crippen LogP contribution < -0.4 is 0 Å². The van der Waals surface area contributed by atoms with E-state index in [2.05, 4.69) is 41.7 Å². The number of rotatable bonds is 3. The summed E-state index contributed by atoms with van der Waals surface area (Å²) >= 11 is 3.35. The second kappa shape index (κ2) is 5.88. The fraction of sp³-hybridized carbons (Fsp3) is 0.294. The molecular weight excluding hydrogens is 314 g/mol. The maximum atomic E-state index is 12.5. The van der Waals surface area contributed by atoms with Gasteiger partial charge in [0.1, 0.15) is 0 Å². The van der Waals surface area contributed by atoms with Crippen LogP contribution in [0.3, 0.4) is 0 Å². The predicted octanol–water partition coefficient (Wildman–Crippen LogP) is 4.57. The molecule has 0 aliphatic heterocycles. The van der Waals surface area contributed by atoms with E-state index in [1.165, 1.54) is 0 Å². The van der Waals surface area contributed by atoms with Crippen LogP contribution in [0.15, 0.2) is 47.1 Å². The van der Waals surface area contributed by atoms with Gasteiger partial charge < -0.3 is 0 Å². The summed E-state index contributed by atoms with van der Waals surface area (Å²) < 4.78 is 0.920. The van der Waals surface area contributed by atoms with Crippen molar-refractivity contribution in [3.8, 4) is 0 Å². The molecule has 3 heteroatoms. The highest BCUT2D eigenvalue weighted by molar-refractivity contribution is 9.10. The van der Waals surface area contributed by atoms with Crippen LogP contribution in [0.4, 0.5) is 0 Å². The highest BCUT2D eigenvalue weighted by Crippen LogP contribution is 2.26. The summed E-state index contributed by atoms with van der Waals surface area (Å²) in [5.74, 6) is 0.116. The van der Waals surface area contributed by atoms with Crippen LogP contribution in [0.25, 0.3) is 0 Å². The summed E-state index contributed by atoms with van der Waals surface area (Å²) in [6, 6.07) is 11.6. The van der Waals surface area contributed by atoms with Gasteiger partial charge in [0, 0.05) is 21.9 Å². The third-order valence-electron chi connectivity index (χ3n) is 3.17. The van der Waals surface area contributed by atoms with E-state index in [9.17, 15) is 4.79 Å². The van der Waals surface area contributed by atoms with Gasteiger partial charge in [0.15, 0.2) is 5.78 Å². The topological polar surface area (TPSA) is 30.0 Å². The molecule has 0 unspecified atom stereocenters. The molecule has 0 fully saturated rings. The van der Waals surface area contributed by atoms with Crippen LogP contribution in [0.1, 0.15) is 42.4 Å². The van der Waals surface area contributed by atoms with Crippen LogP contribution in [-0.4, -0.2) is 10.8 Å².